The maximum Gasteiger partial charge on any atom is 0.120 e. The molecule has 106 valence electrons. The number of aliphatic hydroxyl groups is 1. The molecule has 1 fully saturated rings. The van der Waals surface area contributed by atoms with Crippen LogP contribution in [0, 0.1) is 5.92 Å². The number of hydrogen-bond donors (Lipinski definition) is 1. The Morgan fingerprint density at radius 3 is 2.63 bits per heavy atom. The van der Waals surface area contributed by atoms with E-state index in [0.717, 1.165) is 35.4 Å². The minimum Gasteiger partial charge on any atom is -0.490 e. The molecule has 1 aromatic carbocycles. The van der Waals surface area contributed by atoms with Crippen LogP contribution in [0.3, 0.4) is 0 Å². The van der Waals surface area contributed by atoms with Gasteiger partial charge < -0.3 is 9.84 Å². The minimum atomic E-state index is 0.335. The topological polar surface area (TPSA) is 29.5 Å². The van der Waals surface area contributed by atoms with Crippen LogP contribution in [0.25, 0.3) is 0 Å². The molecule has 0 aliphatic heterocycles. The van der Waals surface area contributed by atoms with Crippen molar-refractivity contribution in [2.75, 3.05) is 6.61 Å². The third-order valence-corrected chi connectivity index (χ3v) is 4.41. The summed E-state index contributed by atoms with van der Waals surface area (Å²) in [5, 5.41) is 8.80. The van der Waals surface area contributed by atoms with E-state index in [1.54, 1.807) is 0 Å². The molecule has 0 bridgehead atoms. The summed E-state index contributed by atoms with van der Waals surface area (Å²) in [5.74, 6) is 1.81. The zero-order chi connectivity index (χ0) is 13.5. The summed E-state index contributed by atoms with van der Waals surface area (Å²) in [4.78, 5) is 0. The van der Waals surface area contributed by atoms with Gasteiger partial charge in [-0.2, -0.15) is 0 Å². The number of benzene rings is 1. The summed E-state index contributed by atoms with van der Waals surface area (Å²) >= 11 is 3.47. The Balaban J connectivity index is 1.71. The molecule has 0 radical (unpaired) electrons. The Labute approximate surface area is 124 Å². The van der Waals surface area contributed by atoms with E-state index in [1.807, 2.05) is 24.3 Å². The fraction of sp³-hybridized carbons (Fsp3) is 0.625. The standard InChI is InChI=1S/C16H23BrO2/c17-14-5-3-6-16(12-14)19-15-9-7-13(8-10-15)4-1-2-11-18/h3,5-6,12-13,15,18H,1-2,4,7-11H2/t13-,15-. The molecule has 0 amide bonds. The van der Waals surface area contributed by atoms with Crippen LogP contribution < -0.4 is 4.74 Å². The summed E-state index contributed by atoms with van der Waals surface area (Å²) in [7, 11) is 0. The van der Waals surface area contributed by atoms with Crippen molar-refractivity contribution in [2.24, 2.45) is 5.92 Å². The lowest BCUT2D eigenvalue weighted by atomic mass is 9.84. The van der Waals surface area contributed by atoms with E-state index in [1.165, 1.54) is 25.7 Å². The van der Waals surface area contributed by atoms with Crippen LogP contribution in [-0.2, 0) is 0 Å². The van der Waals surface area contributed by atoms with Crippen molar-refractivity contribution >= 4 is 15.9 Å². The van der Waals surface area contributed by atoms with E-state index < -0.39 is 0 Å². The average Bonchev–Trinajstić information content (AvgIpc) is 2.41. The second-order valence-corrected chi connectivity index (χ2v) is 6.35. The van der Waals surface area contributed by atoms with Gasteiger partial charge in [-0.25, -0.2) is 0 Å². The van der Waals surface area contributed by atoms with Gasteiger partial charge in [-0.05, 0) is 56.2 Å². The van der Waals surface area contributed by atoms with Gasteiger partial charge in [0, 0.05) is 11.1 Å². The molecule has 1 aromatic rings. The third-order valence-electron chi connectivity index (χ3n) is 3.91. The largest absolute Gasteiger partial charge is 0.490 e. The smallest absolute Gasteiger partial charge is 0.120 e. The average molecular weight is 327 g/mol. The van der Waals surface area contributed by atoms with E-state index in [4.69, 9.17) is 9.84 Å². The molecule has 19 heavy (non-hydrogen) atoms. The van der Waals surface area contributed by atoms with Crippen molar-refractivity contribution in [3.63, 3.8) is 0 Å². The number of rotatable bonds is 6. The minimum absolute atomic E-state index is 0.335. The molecule has 2 nitrogen and oxygen atoms in total. The van der Waals surface area contributed by atoms with E-state index in [-0.39, 0.29) is 0 Å². The highest BCUT2D eigenvalue weighted by atomic mass is 79.9. The molecule has 2 rings (SSSR count). The molecule has 1 aliphatic rings. The Morgan fingerprint density at radius 2 is 1.95 bits per heavy atom. The number of unbranched alkanes of at least 4 members (excludes halogenated alkanes) is 1. The fourth-order valence-electron chi connectivity index (χ4n) is 2.82. The molecule has 0 heterocycles. The van der Waals surface area contributed by atoms with Gasteiger partial charge in [0.25, 0.3) is 0 Å². The van der Waals surface area contributed by atoms with Gasteiger partial charge in [0.05, 0.1) is 6.10 Å². The quantitative estimate of drug-likeness (QED) is 0.777. The molecular formula is C16H23BrO2. The van der Waals surface area contributed by atoms with Crippen LogP contribution in [0.4, 0.5) is 0 Å². The normalized spacial score (nSPS) is 23.3. The molecule has 0 aromatic heterocycles. The predicted octanol–water partition coefficient (Wildman–Crippen LogP) is 4.55. The fourth-order valence-corrected chi connectivity index (χ4v) is 3.19. The lowest BCUT2D eigenvalue weighted by Gasteiger charge is -2.29. The van der Waals surface area contributed by atoms with Crippen molar-refractivity contribution in [2.45, 2.75) is 51.0 Å². The first-order valence-corrected chi connectivity index (χ1v) is 8.10. The summed E-state index contributed by atoms with van der Waals surface area (Å²) in [6.07, 6.45) is 8.63. The number of ether oxygens (including phenoxy) is 1. The summed E-state index contributed by atoms with van der Waals surface area (Å²) in [6, 6.07) is 8.09. The van der Waals surface area contributed by atoms with Gasteiger partial charge in [-0.15, -0.1) is 0 Å². The van der Waals surface area contributed by atoms with Gasteiger partial charge >= 0.3 is 0 Å². The van der Waals surface area contributed by atoms with E-state index in [0.29, 0.717) is 12.7 Å². The van der Waals surface area contributed by atoms with E-state index >= 15 is 0 Å². The maximum absolute atomic E-state index is 8.80. The second kappa shape index (κ2) is 7.91. The first kappa shape index (κ1) is 14.9. The first-order valence-electron chi connectivity index (χ1n) is 7.31. The maximum atomic E-state index is 8.80. The first-order chi connectivity index (χ1) is 9.28. The molecule has 0 atom stereocenters. The second-order valence-electron chi connectivity index (χ2n) is 5.44. The lowest BCUT2D eigenvalue weighted by molar-refractivity contribution is 0.126. The SMILES string of the molecule is OCCCC[C@H]1CC[C@H](Oc2cccc(Br)c2)CC1. The third kappa shape index (κ3) is 5.15. The zero-order valence-corrected chi connectivity index (χ0v) is 12.9. The van der Waals surface area contributed by atoms with Gasteiger partial charge in [-0.1, -0.05) is 34.8 Å². The highest BCUT2D eigenvalue weighted by Gasteiger charge is 2.22. The highest BCUT2D eigenvalue weighted by molar-refractivity contribution is 9.10. The van der Waals surface area contributed by atoms with Crippen LogP contribution in [0.1, 0.15) is 44.9 Å². The van der Waals surface area contributed by atoms with Crippen LogP contribution in [0.15, 0.2) is 28.7 Å². The molecule has 0 saturated heterocycles. The van der Waals surface area contributed by atoms with Crippen LogP contribution in [-0.4, -0.2) is 17.8 Å². The van der Waals surface area contributed by atoms with E-state index in [2.05, 4.69) is 15.9 Å². The molecule has 1 aliphatic carbocycles. The van der Waals surface area contributed by atoms with Crippen molar-refractivity contribution in [1.82, 2.24) is 0 Å². The Kier molecular flexibility index (Phi) is 6.18. The summed E-state index contributed by atoms with van der Waals surface area (Å²) < 4.78 is 7.11. The molecular weight excluding hydrogens is 304 g/mol. The highest BCUT2D eigenvalue weighted by Crippen LogP contribution is 2.31. The zero-order valence-electron chi connectivity index (χ0n) is 11.4. The van der Waals surface area contributed by atoms with Crippen molar-refractivity contribution in [1.29, 1.82) is 0 Å². The molecule has 1 N–H and O–H groups in total. The molecule has 1 saturated carbocycles. The van der Waals surface area contributed by atoms with Gasteiger partial charge in [0.15, 0.2) is 0 Å². The Morgan fingerprint density at radius 1 is 1.16 bits per heavy atom. The van der Waals surface area contributed by atoms with Crippen LogP contribution >= 0.6 is 15.9 Å². The Bertz CT molecular complexity index is 373. The summed E-state index contributed by atoms with van der Waals surface area (Å²) in [6.45, 7) is 0.335. The van der Waals surface area contributed by atoms with Gasteiger partial charge in [-0.3, -0.25) is 0 Å². The monoisotopic (exact) mass is 326 g/mol. The number of hydrogen-bond acceptors (Lipinski definition) is 2. The van der Waals surface area contributed by atoms with Crippen molar-refractivity contribution < 1.29 is 9.84 Å². The van der Waals surface area contributed by atoms with Crippen LogP contribution in [0.5, 0.6) is 5.75 Å². The Hall–Kier alpha value is -0.540. The predicted molar refractivity (Wildman–Crippen MR) is 81.5 cm³/mol. The van der Waals surface area contributed by atoms with Crippen LogP contribution in [0.2, 0.25) is 0 Å². The number of halogens is 1. The number of aliphatic hydroxyl groups excluding tert-OH is 1. The summed E-state index contributed by atoms with van der Waals surface area (Å²) in [5.41, 5.74) is 0. The molecule has 3 heteroatoms. The lowest BCUT2D eigenvalue weighted by Crippen LogP contribution is -2.24. The van der Waals surface area contributed by atoms with Gasteiger partial charge in [0.2, 0.25) is 0 Å². The van der Waals surface area contributed by atoms with Crippen molar-refractivity contribution in [3.05, 3.63) is 28.7 Å². The van der Waals surface area contributed by atoms with Crippen molar-refractivity contribution in [3.8, 4) is 5.75 Å². The molecule has 0 spiro atoms. The van der Waals surface area contributed by atoms with E-state index in [9.17, 15) is 0 Å². The van der Waals surface area contributed by atoms with Gasteiger partial charge in [0.1, 0.15) is 5.75 Å². The molecule has 0 unspecified atom stereocenters.